The first kappa shape index (κ1) is 23.2. The third-order valence-electron chi connectivity index (χ3n) is 4.82. The Morgan fingerprint density at radius 2 is 2.06 bits per heavy atom. The largest absolute Gasteiger partial charge is 0.383 e. The molecule has 2 heterocycles. The van der Waals surface area contributed by atoms with Crippen LogP contribution in [-0.2, 0) is 9.53 Å². The number of hydrazone groups is 1. The van der Waals surface area contributed by atoms with Crippen molar-refractivity contribution in [3.8, 4) is 0 Å². The zero-order chi connectivity index (χ0) is 22.4. The molecule has 1 aromatic heterocycles. The Morgan fingerprint density at radius 1 is 1.32 bits per heavy atom. The predicted octanol–water partition coefficient (Wildman–Crippen LogP) is 4.15. The molecule has 0 fully saturated rings. The third kappa shape index (κ3) is 6.06. The highest BCUT2D eigenvalue weighted by atomic mass is 35.5. The lowest BCUT2D eigenvalue weighted by Crippen LogP contribution is -2.48. The molecule has 2 aromatic rings. The van der Waals surface area contributed by atoms with Gasteiger partial charge in [0.25, 0.3) is 5.91 Å². The van der Waals surface area contributed by atoms with E-state index in [1.54, 1.807) is 18.4 Å². The Balaban J connectivity index is 1.84. The van der Waals surface area contributed by atoms with E-state index >= 15 is 0 Å². The van der Waals surface area contributed by atoms with Crippen molar-refractivity contribution in [2.45, 2.75) is 32.4 Å². The minimum Gasteiger partial charge on any atom is -0.383 e. The molecule has 9 heteroatoms. The van der Waals surface area contributed by atoms with Crippen molar-refractivity contribution in [1.82, 2.24) is 15.2 Å². The van der Waals surface area contributed by atoms with Crippen molar-refractivity contribution in [3.05, 3.63) is 57.2 Å². The first-order valence-corrected chi connectivity index (χ1v) is 11.4. The number of rotatable bonds is 8. The number of nitrogens with zero attached hydrogens (tertiary/aromatic N) is 3. The van der Waals surface area contributed by atoms with Gasteiger partial charge >= 0.3 is 6.03 Å². The third-order valence-corrected chi connectivity index (χ3v) is 5.99. The van der Waals surface area contributed by atoms with Crippen molar-refractivity contribution >= 4 is 40.6 Å². The maximum absolute atomic E-state index is 13.3. The molecule has 3 rings (SSSR count). The summed E-state index contributed by atoms with van der Waals surface area (Å²) in [5.74, 6) is -0.249. The van der Waals surface area contributed by atoms with Crippen LogP contribution in [0.5, 0.6) is 0 Å². The van der Waals surface area contributed by atoms with Gasteiger partial charge in [0.1, 0.15) is 6.54 Å². The van der Waals surface area contributed by atoms with Crippen LogP contribution >= 0.6 is 22.9 Å². The Labute approximate surface area is 191 Å². The second kappa shape index (κ2) is 10.7. The van der Waals surface area contributed by atoms with Gasteiger partial charge in [-0.15, -0.1) is 11.3 Å². The van der Waals surface area contributed by atoms with Crippen LogP contribution in [0.2, 0.25) is 5.02 Å². The van der Waals surface area contributed by atoms with Crippen LogP contribution < -0.4 is 5.32 Å². The van der Waals surface area contributed by atoms with Gasteiger partial charge in [0.2, 0.25) is 0 Å². The molecular formula is C22H27ClN4O3S. The number of amides is 3. The van der Waals surface area contributed by atoms with Gasteiger partial charge in [0.05, 0.1) is 23.2 Å². The van der Waals surface area contributed by atoms with Gasteiger partial charge < -0.3 is 15.0 Å². The molecule has 7 nitrogen and oxygen atoms in total. The minimum absolute atomic E-state index is 0.0373. The normalized spacial score (nSPS) is 15.8. The van der Waals surface area contributed by atoms with Crippen LogP contribution in [0.1, 0.15) is 36.8 Å². The molecule has 1 atom stereocenters. The molecule has 166 valence electrons. The summed E-state index contributed by atoms with van der Waals surface area (Å²) in [5.41, 5.74) is 1.81. The van der Waals surface area contributed by atoms with E-state index < -0.39 is 0 Å². The number of carbonyl (C=O) groups excluding carboxylic acids is 2. The summed E-state index contributed by atoms with van der Waals surface area (Å²) in [6, 6.07) is 10.8. The predicted molar refractivity (Wildman–Crippen MR) is 124 cm³/mol. The number of methoxy groups -OCH3 is 1. The molecule has 0 aliphatic carbocycles. The van der Waals surface area contributed by atoms with E-state index in [0.29, 0.717) is 24.6 Å². The quantitative estimate of drug-likeness (QED) is 0.640. The molecule has 0 radical (unpaired) electrons. The summed E-state index contributed by atoms with van der Waals surface area (Å²) in [7, 11) is 1.56. The average Bonchev–Trinajstić information content (AvgIpc) is 3.40. The molecule has 0 bridgehead atoms. The van der Waals surface area contributed by atoms with E-state index in [1.807, 2.05) is 55.6 Å². The number of carbonyl (C=O) groups is 2. The Hall–Kier alpha value is -2.42. The van der Waals surface area contributed by atoms with Gasteiger partial charge in [-0.2, -0.15) is 5.10 Å². The molecule has 1 aliphatic heterocycles. The number of hydrogen-bond donors (Lipinski definition) is 1. The first-order chi connectivity index (χ1) is 14.9. The average molecular weight is 463 g/mol. The fraction of sp³-hybridized carbons (Fsp3) is 0.409. The van der Waals surface area contributed by atoms with E-state index in [-0.39, 0.29) is 30.6 Å². The molecule has 0 unspecified atom stereocenters. The number of ether oxygens (including phenoxy) is 1. The van der Waals surface area contributed by atoms with Crippen LogP contribution in [0.15, 0.2) is 46.9 Å². The topological polar surface area (TPSA) is 74.2 Å². The molecule has 1 aliphatic rings. The zero-order valence-electron chi connectivity index (χ0n) is 17.9. The van der Waals surface area contributed by atoms with E-state index in [1.165, 1.54) is 9.91 Å². The number of benzene rings is 1. The summed E-state index contributed by atoms with van der Waals surface area (Å²) in [6.07, 6.45) is 0.601. The highest BCUT2D eigenvalue weighted by Gasteiger charge is 2.34. The fourth-order valence-electron chi connectivity index (χ4n) is 3.30. The standard InChI is InChI=1S/C22H27ClN4O3S/c1-15(2)24-22(29)26(10-11-30-3)14-21(28)27-19(16-6-8-17(23)9-7-16)13-18(25-27)20-5-4-12-31-20/h4-9,12,15,19H,10-11,13-14H2,1-3H3,(H,24,29)/t19-/m0/s1. The van der Waals surface area contributed by atoms with Crippen LogP contribution in [0.3, 0.4) is 0 Å². The molecule has 1 N–H and O–H groups in total. The lowest BCUT2D eigenvalue weighted by Gasteiger charge is -2.27. The molecular weight excluding hydrogens is 436 g/mol. The van der Waals surface area contributed by atoms with Crippen molar-refractivity contribution < 1.29 is 14.3 Å². The lowest BCUT2D eigenvalue weighted by molar-refractivity contribution is -0.133. The van der Waals surface area contributed by atoms with Gasteiger partial charge in [-0.3, -0.25) is 4.79 Å². The number of halogens is 1. The maximum Gasteiger partial charge on any atom is 0.318 e. The summed E-state index contributed by atoms with van der Waals surface area (Å²) < 4.78 is 5.12. The molecule has 1 aromatic carbocycles. The zero-order valence-corrected chi connectivity index (χ0v) is 19.4. The number of nitrogens with one attached hydrogen (secondary N) is 1. The van der Waals surface area contributed by atoms with Crippen LogP contribution in [0, 0.1) is 0 Å². The molecule has 31 heavy (non-hydrogen) atoms. The van der Waals surface area contributed by atoms with Crippen molar-refractivity contribution in [1.29, 1.82) is 0 Å². The summed E-state index contributed by atoms with van der Waals surface area (Å²) in [4.78, 5) is 28.4. The molecule has 3 amide bonds. The van der Waals surface area contributed by atoms with Crippen LogP contribution in [0.25, 0.3) is 0 Å². The van der Waals surface area contributed by atoms with E-state index in [0.717, 1.165) is 16.2 Å². The van der Waals surface area contributed by atoms with Gasteiger partial charge in [-0.05, 0) is 43.0 Å². The smallest absolute Gasteiger partial charge is 0.318 e. The van der Waals surface area contributed by atoms with Gasteiger partial charge in [-0.25, -0.2) is 9.80 Å². The summed E-state index contributed by atoms with van der Waals surface area (Å²) in [6.45, 7) is 4.31. The van der Waals surface area contributed by atoms with Gasteiger partial charge in [-0.1, -0.05) is 29.8 Å². The second-order valence-corrected chi connectivity index (χ2v) is 8.94. The molecule has 0 saturated heterocycles. The Bertz CT molecular complexity index is 915. The molecule has 0 spiro atoms. The van der Waals surface area contributed by atoms with Crippen molar-refractivity contribution in [3.63, 3.8) is 0 Å². The fourth-order valence-corrected chi connectivity index (χ4v) is 4.15. The number of urea groups is 1. The molecule has 0 saturated carbocycles. The van der Waals surface area contributed by atoms with E-state index in [2.05, 4.69) is 10.4 Å². The van der Waals surface area contributed by atoms with Crippen LogP contribution in [0.4, 0.5) is 4.79 Å². The Kier molecular flexibility index (Phi) is 8.06. The van der Waals surface area contributed by atoms with E-state index in [9.17, 15) is 9.59 Å². The number of hydrogen-bond acceptors (Lipinski definition) is 5. The van der Waals surface area contributed by atoms with Gasteiger partial charge in [0, 0.05) is 31.1 Å². The number of thiophene rings is 1. The van der Waals surface area contributed by atoms with Crippen LogP contribution in [-0.4, -0.2) is 60.4 Å². The second-order valence-electron chi connectivity index (χ2n) is 7.55. The summed E-state index contributed by atoms with van der Waals surface area (Å²) >= 11 is 7.64. The SMILES string of the molecule is COCCN(CC(=O)N1N=C(c2cccs2)C[C@H]1c1ccc(Cl)cc1)C(=O)NC(C)C. The highest BCUT2D eigenvalue weighted by Crippen LogP contribution is 2.34. The Morgan fingerprint density at radius 3 is 2.68 bits per heavy atom. The van der Waals surface area contributed by atoms with Gasteiger partial charge in [0.15, 0.2) is 0 Å². The monoisotopic (exact) mass is 462 g/mol. The van der Waals surface area contributed by atoms with E-state index in [4.69, 9.17) is 16.3 Å². The van der Waals surface area contributed by atoms with Crippen molar-refractivity contribution in [2.75, 3.05) is 26.8 Å². The van der Waals surface area contributed by atoms with Crippen molar-refractivity contribution in [2.24, 2.45) is 5.10 Å². The minimum atomic E-state index is -0.301. The summed E-state index contributed by atoms with van der Waals surface area (Å²) in [5, 5.41) is 11.6. The highest BCUT2D eigenvalue weighted by molar-refractivity contribution is 7.12. The first-order valence-electron chi connectivity index (χ1n) is 10.1. The maximum atomic E-state index is 13.3. The lowest BCUT2D eigenvalue weighted by atomic mass is 10.0.